The van der Waals surface area contributed by atoms with Gasteiger partial charge < -0.3 is 40.6 Å². The first kappa shape index (κ1) is 39.9. The third-order valence-electron chi connectivity index (χ3n) is 7.77. The molecule has 50 heavy (non-hydrogen) atoms. The Morgan fingerprint density at radius 1 is 0.700 bits per heavy atom. The minimum absolute atomic E-state index is 0.0784. The molecule has 3 amide bonds. The molecule has 1 aliphatic carbocycles. The van der Waals surface area contributed by atoms with E-state index in [1.165, 1.54) is 0 Å². The molecule has 5 N–H and O–H groups in total. The van der Waals surface area contributed by atoms with Crippen molar-refractivity contribution in [1.82, 2.24) is 16.0 Å². The van der Waals surface area contributed by atoms with Crippen LogP contribution in [0.3, 0.4) is 0 Å². The quantitative estimate of drug-likeness (QED) is 0.0624. The Morgan fingerprint density at radius 2 is 1.34 bits per heavy atom. The number of rotatable bonds is 26. The standard InChI is InChI=1S/C36H48N4O10/c37-16-18-48-20-19-47-17-13-32(43)38-23-31(42)12-11-30(41)22-29(21-27-7-3-1-4-8-27)34(45)39-24-33(44)40-26-50-36(14-15-36)35(46)49-25-28-9-5-2-6-10-28/h1-10,29H,11-26,37H2,(H,38,43)(H,39,45)(H,40,44)/t29-/m1/s1. The molecule has 1 fully saturated rings. The number of amides is 3. The lowest BCUT2D eigenvalue weighted by Crippen LogP contribution is -2.42. The van der Waals surface area contributed by atoms with Crippen LogP contribution in [0.2, 0.25) is 0 Å². The SMILES string of the molecule is NCCOCCOCCC(=O)NCC(=O)CCC(=O)C[C@@H](Cc1ccccc1)C(=O)NCC(=O)NCOC1(C(=O)OCc2ccccc2)CC1. The van der Waals surface area contributed by atoms with Gasteiger partial charge in [-0.25, -0.2) is 4.79 Å². The van der Waals surface area contributed by atoms with E-state index in [0.29, 0.717) is 39.2 Å². The zero-order valence-corrected chi connectivity index (χ0v) is 28.3. The van der Waals surface area contributed by atoms with Crippen molar-refractivity contribution >= 4 is 35.3 Å². The molecule has 0 saturated heterocycles. The van der Waals surface area contributed by atoms with Gasteiger partial charge in [0, 0.05) is 38.1 Å². The minimum atomic E-state index is -1.09. The summed E-state index contributed by atoms with van der Waals surface area (Å²) < 4.78 is 21.5. The zero-order valence-electron chi connectivity index (χ0n) is 28.3. The Kier molecular flexibility index (Phi) is 17.8. The number of nitrogens with one attached hydrogen (secondary N) is 3. The topological polar surface area (TPSA) is 201 Å². The van der Waals surface area contributed by atoms with E-state index in [-0.39, 0.29) is 82.6 Å². The highest BCUT2D eigenvalue weighted by Crippen LogP contribution is 2.40. The maximum Gasteiger partial charge on any atom is 0.338 e. The van der Waals surface area contributed by atoms with Gasteiger partial charge in [-0.3, -0.25) is 24.0 Å². The smallest absolute Gasteiger partial charge is 0.338 e. The van der Waals surface area contributed by atoms with E-state index >= 15 is 0 Å². The summed E-state index contributed by atoms with van der Waals surface area (Å²) in [6.45, 7) is 1.04. The molecule has 1 aliphatic rings. The van der Waals surface area contributed by atoms with Gasteiger partial charge in [-0.05, 0) is 30.4 Å². The van der Waals surface area contributed by atoms with E-state index in [0.717, 1.165) is 11.1 Å². The van der Waals surface area contributed by atoms with Crippen LogP contribution < -0.4 is 21.7 Å². The zero-order chi connectivity index (χ0) is 36.0. The van der Waals surface area contributed by atoms with Crippen molar-refractivity contribution in [3.63, 3.8) is 0 Å². The second-order valence-corrected chi connectivity index (χ2v) is 11.9. The maximum atomic E-state index is 13.1. The Hall–Kier alpha value is -4.50. The summed E-state index contributed by atoms with van der Waals surface area (Å²) in [6.07, 6.45) is 0.975. The molecule has 2 aromatic carbocycles. The fraction of sp³-hybridized carbons (Fsp3) is 0.500. The number of hydrogen-bond acceptors (Lipinski definition) is 11. The van der Waals surface area contributed by atoms with Gasteiger partial charge in [-0.2, -0.15) is 0 Å². The van der Waals surface area contributed by atoms with Crippen molar-refractivity contribution in [3.8, 4) is 0 Å². The van der Waals surface area contributed by atoms with Gasteiger partial charge in [-0.1, -0.05) is 60.7 Å². The summed E-state index contributed by atoms with van der Waals surface area (Å²) in [5, 5.41) is 7.63. The van der Waals surface area contributed by atoms with Gasteiger partial charge in [0.05, 0.1) is 39.5 Å². The van der Waals surface area contributed by atoms with Gasteiger partial charge in [0.1, 0.15) is 19.1 Å². The molecule has 0 aromatic heterocycles. The Morgan fingerprint density at radius 3 is 2.00 bits per heavy atom. The molecule has 14 heteroatoms. The maximum absolute atomic E-state index is 13.1. The number of benzene rings is 2. The molecule has 1 atom stereocenters. The molecule has 272 valence electrons. The first-order chi connectivity index (χ1) is 24.2. The van der Waals surface area contributed by atoms with Crippen molar-refractivity contribution in [3.05, 3.63) is 71.8 Å². The van der Waals surface area contributed by atoms with Gasteiger partial charge in [0.25, 0.3) is 0 Å². The number of carbonyl (C=O) groups is 6. The Bertz CT molecular complexity index is 1390. The third-order valence-corrected chi connectivity index (χ3v) is 7.77. The van der Waals surface area contributed by atoms with E-state index in [9.17, 15) is 28.8 Å². The number of ketones is 2. The van der Waals surface area contributed by atoms with Crippen LogP contribution in [0.1, 0.15) is 49.7 Å². The van der Waals surface area contributed by atoms with Crippen LogP contribution in [0, 0.1) is 5.92 Å². The van der Waals surface area contributed by atoms with Crippen LogP contribution in [0.25, 0.3) is 0 Å². The summed E-state index contributed by atoms with van der Waals surface area (Å²) in [4.78, 5) is 75.3. The van der Waals surface area contributed by atoms with Crippen LogP contribution in [0.4, 0.5) is 0 Å². The van der Waals surface area contributed by atoms with Crippen molar-refractivity contribution < 1.29 is 47.7 Å². The van der Waals surface area contributed by atoms with Crippen LogP contribution in [-0.2, 0) is 60.7 Å². The number of Topliss-reactive ketones (excluding diaryl/α,β-unsaturated/α-hetero) is 2. The average Bonchev–Trinajstić information content (AvgIpc) is 3.92. The fourth-order valence-electron chi connectivity index (χ4n) is 4.76. The van der Waals surface area contributed by atoms with Crippen molar-refractivity contribution in [1.29, 1.82) is 0 Å². The summed E-state index contributed by atoms with van der Waals surface area (Å²) in [5.74, 6) is -3.26. The van der Waals surface area contributed by atoms with Crippen molar-refractivity contribution in [2.75, 3.05) is 52.8 Å². The van der Waals surface area contributed by atoms with E-state index in [4.69, 9.17) is 24.7 Å². The first-order valence-corrected chi connectivity index (χ1v) is 16.8. The molecule has 0 spiro atoms. The van der Waals surface area contributed by atoms with Crippen LogP contribution in [0.5, 0.6) is 0 Å². The van der Waals surface area contributed by atoms with E-state index in [1.807, 2.05) is 60.7 Å². The van der Waals surface area contributed by atoms with Crippen LogP contribution in [0.15, 0.2) is 60.7 Å². The lowest BCUT2D eigenvalue weighted by molar-refractivity contribution is -0.163. The van der Waals surface area contributed by atoms with Gasteiger partial charge >= 0.3 is 5.97 Å². The number of nitrogens with two attached hydrogens (primary N) is 1. The summed E-state index contributed by atoms with van der Waals surface area (Å²) in [7, 11) is 0. The van der Waals surface area contributed by atoms with E-state index in [1.54, 1.807) is 0 Å². The van der Waals surface area contributed by atoms with E-state index in [2.05, 4.69) is 16.0 Å². The minimum Gasteiger partial charge on any atom is -0.459 e. The van der Waals surface area contributed by atoms with Gasteiger partial charge in [0.15, 0.2) is 11.4 Å². The number of esters is 1. The van der Waals surface area contributed by atoms with Crippen molar-refractivity contribution in [2.24, 2.45) is 11.7 Å². The molecule has 0 aliphatic heterocycles. The second-order valence-electron chi connectivity index (χ2n) is 11.9. The predicted octanol–water partition coefficient (Wildman–Crippen LogP) is 1.13. The Balaban J connectivity index is 1.36. The largest absolute Gasteiger partial charge is 0.459 e. The molecule has 0 unspecified atom stereocenters. The molecule has 3 rings (SSSR count). The van der Waals surface area contributed by atoms with Gasteiger partial charge in [0.2, 0.25) is 17.7 Å². The van der Waals surface area contributed by atoms with E-state index < -0.39 is 29.3 Å². The molecule has 14 nitrogen and oxygen atoms in total. The van der Waals surface area contributed by atoms with Crippen LogP contribution >= 0.6 is 0 Å². The summed E-state index contributed by atoms with van der Waals surface area (Å²) >= 11 is 0. The number of ether oxygens (including phenoxy) is 4. The molecule has 1 saturated carbocycles. The highest BCUT2D eigenvalue weighted by Gasteiger charge is 2.53. The third kappa shape index (κ3) is 15.8. The molecule has 0 radical (unpaired) electrons. The fourth-order valence-corrected chi connectivity index (χ4v) is 4.76. The highest BCUT2D eigenvalue weighted by atomic mass is 16.6. The summed E-state index contributed by atoms with van der Waals surface area (Å²) in [5.41, 5.74) is 5.92. The monoisotopic (exact) mass is 696 g/mol. The summed E-state index contributed by atoms with van der Waals surface area (Å²) in [6, 6.07) is 18.4. The first-order valence-electron chi connectivity index (χ1n) is 16.8. The lowest BCUT2D eigenvalue weighted by atomic mass is 9.92. The van der Waals surface area contributed by atoms with Crippen molar-refractivity contribution in [2.45, 2.75) is 57.2 Å². The Labute approximate surface area is 292 Å². The molecular weight excluding hydrogens is 648 g/mol. The molecule has 0 heterocycles. The predicted molar refractivity (Wildman–Crippen MR) is 181 cm³/mol. The highest BCUT2D eigenvalue weighted by molar-refractivity contribution is 5.92. The molecule has 2 aromatic rings. The second kappa shape index (κ2) is 22.3. The number of carbonyl (C=O) groups excluding carboxylic acids is 6. The molecular formula is C36H48N4O10. The normalized spacial score (nSPS) is 13.5. The lowest BCUT2D eigenvalue weighted by Gasteiger charge is -2.18. The average molecular weight is 697 g/mol. The van der Waals surface area contributed by atoms with Crippen LogP contribution in [-0.4, -0.2) is 93.7 Å². The molecule has 0 bridgehead atoms. The van der Waals surface area contributed by atoms with Gasteiger partial charge in [-0.15, -0.1) is 0 Å². The number of hydrogen-bond donors (Lipinski definition) is 4.